The van der Waals surface area contributed by atoms with Crippen LogP contribution >= 0.6 is 0 Å². The maximum Gasteiger partial charge on any atom is 0.0366 e. The molecule has 0 aromatic rings. The molecule has 3 N–H and O–H groups in total. The van der Waals surface area contributed by atoms with Gasteiger partial charge in [-0.25, -0.2) is 5.01 Å². The van der Waals surface area contributed by atoms with Crippen LogP contribution in [0.5, 0.6) is 0 Å². The summed E-state index contributed by atoms with van der Waals surface area (Å²) >= 11 is 0. The van der Waals surface area contributed by atoms with Crippen molar-refractivity contribution in [2.24, 2.45) is 5.84 Å². The van der Waals surface area contributed by atoms with Crippen molar-refractivity contribution in [2.75, 3.05) is 19.6 Å². The lowest BCUT2D eigenvalue weighted by Gasteiger charge is -2.32. The molecule has 0 bridgehead atoms. The summed E-state index contributed by atoms with van der Waals surface area (Å²) in [4.78, 5) is 0. The minimum Gasteiger partial charge on any atom is -0.314 e. The van der Waals surface area contributed by atoms with Gasteiger partial charge in [0, 0.05) is 25.7 Å². The summed E-state index contributed by atoms with van der Waals surface area (Å²) in [7, 11) is 0. The molecule has 1 aliphatic heterocycles. The molecule has 1 atom stereocenters. The lowest BCUT2D eigenvalue weighted by atomic mass is 10.1. The van der Waals surface area contributed by atoms with Crippen molar-refractivity contribution < 1.29 is 0 Å². The largest absolute Gasteiger partial charge is 0.314 e. The maximum atomic E-state index is 5.76. The van der Waals surface area contributed by atoms with Gasteiger partial charge >= 0.3 is 0 Å². The number of hydrogen-bond donors (Lipinski definition) is 2. The summed E-state index contributed by atoms with van der Waals surface area (Å²) in [5, 5.41) is 5.29. The predicted molar refractivity (Wildman–Crippen MR) is 42.5 cm³/mol. The van der Waals surface area contributed by atoms with Crippen molar-refractivity contribution >= 4 is 0 Å². The summed E-state index contributed by atoms with van der Waals surface area (Å²) < 4.78 is 0. The molecule has 0 aliphatic carbocycles. The number of nitrogens with one attached hydrogen (secondary N) is 1. The van der Waals surface area contributed by atoms with Gasteiger partial charge in [0.25, 0.3) is 0 Å². The first kappa shape index (κ1) is 7.98. The SMILES string of the molecule is CCCC1CNCCN1N. The van der Waals surface area contributed by atoms with Crippen molar-refractivity contribution in [3.63, 3.8) is 0 Å². The molecule has 0 radical (unpaired) electrons. The van der Waals surface area contributed by atoms with Gasteiger partial charge < -0.3 is 5.32 Å². The van der Waals surface area contributed by atoms with E-state index in [0.29, 0.717) is 6.04 Å². The Kier molecular flexibility index (Phi) is 3.12. The molecule has 1 saturated heterocycles. The first-order valence-corrected chi connectivity index (χ1v) is 4.06. The van der Waals surface area contributed by atoms with E-state index >= 15 is 0 Å². The summed E-state index contributed by atoms with van der Waals surface area (Å²) in [6.45, 7) is 5.29. The molecule has 3 heteroatoms. The predicted octanol–water partition coefficient (Wildman–Crippen LogP) is -0.0660. The number of nitrogens with two attached hydrogens (primary N) is 1. The third-order valence-electron chi connectivity index (χ3n) is 2.02. The van der Waals surface area contributed by atoms with Crippen molar-refractivity contribution in [1.29, 1.82) is 0 Å². The van der Waals surface area contributed by atoms with E-state index in [1.807, 2.05) is 5.01 Å². The zero-order valence-electron chi connectivity index (χ0n) is 6.64. The molecule has 10 heavy (non-hydrogen) atoms. The van der Waals surface area contributed by atoms with Gasteiger partial charge in [-0.3, -0.25) is 5.84 Å². The van der Waals surface area contributed by atoms with Crippen molar-refractivity contribution in [3.8, 4) is 0 Å². The van der Waals surface area contributed by atoms with Gasteiger partial charge in [-0.2, -0.15) is 0 Å². The smallest absolute Gasteiger partial charge is 0.0366 e. The van der Waals surface area contributed by atoms with Crippen LogP contribution in [-0.4, -0.2) is 30.7 Å². The Bertz CT molecular complexity index is 92.9. The van der Waals surface area contributed by atoms with Crippen LogP contribution in [0, 0.1) is 0 Å². The molecule has 0 spiro atoms. The van der Waals surface area contributed by atoms with Crippen LogP contribution in [0.3, 0.4) is 0 Å². The summed E-state index contributed by atoms with van der Waals surface area (Å²) in [5.41, 5.74) is 0. The number of hydrazine groups is 1. The van der Waals surface area contributed by atoms with E-state index in [1.54, 1.807) is 0 Å². The highest BCUT2D eigenvalue weighted by Gasteiger charge is 2.17. The van der Waals surface area contributed by atoms with Gasteiger partial charge in [0.2, 0.25) is 0 Å². The summed E-state index contributed by atoms with van der Waals surface area (Å²) in [6, 6.07) is 0.568. The Morgan fingerprint density at radius 3 is 3.10 bits per heavy atom. The first-order chi connectivity index (χ1) is 4.84. The van der Waals surface area contributed by atoms with E-state index in [-0.39, 0.29) is 0 Å². The molecule has 60 valence electrons. The minimum atomic E-state index is 0.568. The van der Waals surface area contributed by atoms with E-state index in [9.17, 15) is 0 Å². The molecule has 0 aromatic carbocycles. The zero-order valence-corrected chi connectivity index (χ0v) is 6.64. The van der Waals surface area contributed by atoms with E-state index < -0.39 is 0 Å². The average molecular weight is 143 g/mol. The second-order valence-corrected chi connectivity index (χ2v) is 2.88. The Balaban J connectivity index is 2.25. The van der Waals surface area contributed by atoms with Crippen molar-refractivity contribution in [1.82, 2.24) is 10.3 Å². The Morgan fingerprint density at radius 1 is 1.70 bits per heavy atom. The van der Waals surface area contributed by atoms with Gasteiger partial charge in [-0.1, -0.05) is 13.3 Å². The highest BCUT2D eigenvalue weighted by molar-refractivity contribution is 4.74. The minimum absolute atomic E-state index is 0.568. The van der Waals surface area contributed by atoms with Gasteiger partial charge in [0.15, 0.2) is 0 Å². The van der Waals surface area contributed by atoms with Crippen LogP contribution in [-0.2, 0) is 0 Å². The molecule has 1 unspecified atom stereocenters. The molecule has 1 aliphatic rings. The van der Waals surface area contributed by atoms with Gasteiger partial charge in [0.1, 0.15) is 0 Å². The van der Waals surface area contributed by atoms with Crippen LogP contribution < -0.4 is 11.2 Å². The van der Waals surface area contributed by atoms with Gasteiger partial charge in [-0.15, -0.1) is 0 Å². The van der Waals surface area contributed by atoms with Crippen LogP contribution in [0.1, 0.15) is 19.8 Å². The quantitative estimate of drug-likeness (QED) is 0.532. The van der Waals surface area contributed by atoms with E-state index in [4.69, 9.17) is 5.84 Å². The maximum absolute atomic E-state index is 5.76. The van der Waals surface area contributed by atoms with Crippen LogP contribution in [0.2, 0.25) is 0 Å². The fourth-order valence-corrected chi connectivity index (χ4v) is 1.38. The lowest BCUT2D eigenvalue weighted by molar-refractivity contribution is 0.155. The lowest BCUT2D eigenvalue weighted by Crippen LogP contribution is -2.54. The van der Waals surface area contributed by atoms with Crippen molar-refractivity contribution in [2.45, 2.75) is 25.8 Å². The van der Waals surface area contributed by atoms with Crippen LogP contribution in [0.15, 0.2) is 0 Å². The van der Waals surface area contributed by atoms with Gasteiger partial charge in [-0.05, 0) is 6.42 Å². The standard InChI is InChI=1S/C7H17N3/c1-2-3-7-6-9-4-5-10(7)8/h7,9H,2-6,8H2,1H3. The summed E-state index contributed by atoms with van der Waals surface area (Å²) in [5.74, 6) is 5.76. The fraction of sp³-hybridized carbons (Fsp3) is 1.00. The molecule has 0 aromatic heterocycles. The second-order valence-electron chi connectivity index (χ2n) is 2.88. The average Bonchev–Trinajstić information content (AvgIpc) is 1.94. The first-order valence-electron chi connectivity index (χ1n) is 4.06. The second kappa shape index (κ2) is 3.91. The zero-order chi connectivity index (χ0) is 7.40. The van der Waals surface area contributed by atoms with Gasteiger partial charge in [0.05, 0.1) is 0 Å². The van der Waals surface area contributed by atoms with E-state index in [1.165, 1.54) is 12.8 Å². The fourth-order valence-electron chi connectivity index (χ4n) is 1.38. The number of piperazine rings is 1. The normalized spacial score (nSPS) is 28.8. The van der Waals surface area contributed by atoms with E-state index in [2.05, 4.69) is 12.2 Å². The third-order valence-corrected chi connectivity index (χ3v) is 2.02. The highest BCUT2D eigenvalue weighted by Crippen LogP contribution is 2.03. The summed E-state index contributed by atoms with van der Waals surface area (Å²) in [6.07, 6.45) is 2.43. The molecular formula is C7H17N3. The monoisotopic (exact) mass is 143 g/mol. The molecule has 1 rings (SSSR count). The molecule has 1 fully saturated rings. The third kappa shape index (κ3) is 1.94. The van der Waals surface area contributed by atoms with E-state index in [0.717, 1.165) is 19.6 Å². The molecule has 0 saturated carbocycles. The molecule has 1 heterocycles. The number of nitrogens with zero attached hydrogens (tertiary/aromatic N) is 1. The Hall–Kier alpha value is -0.120. The number of rotatable bonds is 2. The van der Waals surface area contributed by atoms with Crippen molar-refractivity contribution in [3.05, 3.63) is 0 Å². The van der Waals surface area contributed by atoms with Crippen LogP contribution in [0.25, 0.3) is 0 Å². The molecule has 0 amide bonds. The molecular weight excluding hydrogens is 126 g/mol. The Morgan fingerprint density at radius 2 is 2.50 bits per heavy atom. The van der Waals surface area contributed by atoms with Crippen LogP contribution in [0.4, 0.5) is 0 Å². The highest BCUT2D eigenvalue weighted by atomic mass is 15.4. The topological polar surface area (TPSA) is 41.3 Å². The molecule has 3 nitrogen and oxygen atoms in total. The Labute approximate surface area is 62.5 Å². The number of hydrogen-bond acceptors (Lipinski definition) is 3.